The van der Waals surface area contributed by atoms with Crippen LogP contribution in [0.1, 0.15) is 20.8 Å². The lowest BCUT2D eigenvalue weighted by Gasteiger charge is -2.19. The van der Waals surface area contributed by atoms with E-state index in [1.54, 1.807) is 13.1 Å². The molecule has 0 aromatic rings. The van der Waals surface area contributed by atoms with Crippen LogP contribution in [0.15, 0.2) is 15.7 Å². The van der Waals surface area contributed by atoms with Gasteiger partial charge in [-0.05, 0) is 5.92 Å². The molecule has 0 saturated heterocycles. The maximum atomic E-state index is 11.6. The van der Waals surface area contributed by atoms with E-state index in [-0.39, 0.29) is 16.7 Å². The van der Waals surface area contributed by atoms with Crippen molar-refractivity contribution in [2.45, 2.75) is 20.8 Å². The topological polar surface area (TPSA) is 70.6 Å². The molecular weight excluding hydrogens is 202 g/mol. The molecule has 0 unspecified atom stereocenters. The van der Waals surface area contributed by atoms with E-state index < -0.39 is 9.84 Å². The second-order valence-electron chi connectivity index (χ2n) is 3.34. The van der Waals surface area contributed by atoms with Crippen molar-refractivity contribution in [3.05, 3.63) is 10.6 Å². The van der Waals surface area contributed by atoms with Gasteiger partial charge in [0.2, 0.25) is 0 Å². The lowest BCUT2D eigenvalue weighted by Crippen LogP contribution is -2.36. The number of allylic oxidation sites excluding steroid dienone is 1. The van der Waals surface area contributed by atoms with Gasteiger partial charge in [-0.1, -0.05) is 20.8 Å². The molecule has 0 aromatic heterocycles. The maximum absolute atomic E-state index is 11.6. The normalized spacial score (nSPS) is 16.9. The fraction of sp³-hybridized carbons (Fsp3) is 0.625. The third kappa shape index (κ3) is 2.06. The summed E-state index contributed by atoms with van der Waals surface area (Å²) in [5, 5.41) is 4.01. The summed E-state index contributed by atoms with van der Waals surface area (Å²) in [5.41, 5.74) is 5.74. The van der Waals surface area contributed by atoms with Crippen LogP contribution < -0.4 is 11.0 Å². The van der Waals surface area contributed by atoms with Crippen molar-refractivity contribution >= 4 is 16.1 Å². The summed E-state index contributed by atoms with van der Waals surface area (Å²) in [4.78, 5) is 0. The van der Waals surface area contributed by atoms with Gasteiger partial charge in [-0.3, -0.25) is 5.43 Å². The van der Waals surface area contributed by atoms with Crippen LogP contribution in [0.4, 0.5) is 0 Å². The predicted molar refractivity (Wildman–Crippen MR) is 56.1 cm³/mol. The van der Waals surface area contributed by atoms with Crippen LogP contribution in [0.3, 0.4) is 0 Å². The average Bonchev–Trinajstić information content (AvgIpc) is 2.18. The van der Waals surface area contributed by atoms with Gasteiger partial charge in [0, 0.05) is 5.57 Å². The third-order valence-corrected chi connectivity index (χ3v) is 3.73. The summed E-state index contributed by atoms with van der Waals surface area (Å²) in [6.07, 6.45) is 1.55. The molecule has 0 atom stereocenters. The van der Waals surface area contributed by atoms with Crippen molar-refractivity contribution in [3.8, 4) is 0 Å². The summed E-state index contributed by atoms with van der Waals surface area (Å²) in [7, 11) is -3.20. The van der Waals surface area contributed by atoms with Crippen molar-refractivity contribution < 1.29 is 8.42 Å². The first-order valence-electron chi connectivity index (χ1n) is 4.50. The van der Waals surface area contributed by atoms with E-state index in [4.69, 9.17) is 0 Å². The Morgan fingerprint density at radius 3 is 2.64 bits per heavy atom. The Morgan fingerprint density at radius 1 is 1.50 bits per heavy atom. The summed E-state index contributed by atoms with van der Waals surface area (Å²) >= 11 is 0. The van der Waals surface area contributed by atoms with E-state index in [0.29, 0.717) is 5.57 Å². The van der Waals surface area contributed by atoms with Gasteiger partial charge in [-0.2, -0.15) is 5.10 Å². The molecule has 6 heteroatoms. The van der Waals surface area contributed by atoms with Crippen molar-refractivity contribution in [3.63, 3.8) is 0 Å². The van der Waals surface area contributed by atoms with Gasteiger partial charge in [0.05, 0.1) is 12.0 Å². The highest BCUT2D eigenvalue weighted by Gasteiger charge is 2.22. The number of rotatable bonds is 3. The van der Waals surface area contributed by atoms with E-state index in [9.17, 15) is 8.42 Å². The lowest BCUT2D eigenvalue weighted by molar-refractivity contribution is 0.577. The predicted octanol–water partition coefficient (Wildman–Crippen LogP) is 0.382. The van der Waals surface area contributed by atoms with Gasteiger partial charge in [-0.25, -0.2) is 14.0 Å². The van der Waals surface area contributed by atoms with Crippen molar-refractivity contribution in [2.75, 3.05) is 5.75 Å². The number of hydrogen-bond donors (Lipinski definition) is 2. The number of nitrogens with zero attached hydrogens (tertiary/aromatic N) is 1. The van der Waals surface area contributed by atoms with Crippen LogP contribution >= 0.6 is 0 Å². The minimum Gasteiger partial charge on any atom is -0.274 e. The van der Waals surface area contributed by atoms with Gasteiger partial charge >= 0.3 is 0 Å². The fourth-order valence-corrected chi connectivity index (χ4v) is 2.27. The zero-order chi connectivity index (χ0) is 10.8. The Kier molecular flexibility index (Phi) is 3.15. The highest BCUT2D eigenvalue weighted by Crippen LogP contribution is 2.17. The fourth-order valence-electron chi connectivity index (χ4n) is 1.13. The smallest absolute Gasteiger partial charge is 0.195 e. The summed E-state index contributed by atoms with van der Waals surface area (Å²) in [6.45, 7) is 5.48. The first-order chi connectivity index (χ1) is 6.49. The number of hydrogen-bond acceptors (Lipinski definition) is 5. The Hall–Kier alpha value is -1.04. The number of hydrazone groups is 1. The van der Waals surface area contributed by atoms with E-state index >= 15 is 0 Å². The molecule has 5 nitrogen and oxygen atoms in total. The van der Waals surface area contributed by atoms with E-state index in [2.05, 4.69) is 16.1 Å². The van der Waals surface area contributed by atoms with Crippen LogP contribution in [0.25, 0.3) is 0 Å². The van der Waals surface area contributed by atoms with Gasteiger partial charge in [0.25, 0.3) is 0 Å². The van der Waals surface area contributed by atoms with Crippen LogP contribution in [-0.2, 0) is 9.84 Å². The Balaban J connectivity index is 3.21. The molecule has 0 fully saturated rings. The zero-order valence-corrected chi connectivity index (χ0v) is 9.35. The van der Waals surface area contributed by atoms with E-state index in [1.165, 1.54) is 0 Å². The van der Waals surface area contributed by atoms with Crippen LogP contribution in [0, 0.1) is 5.92 Å². The molecule has 1 heterocycles. The molecule has 0 bridgehead atoms. The molecule has 0 saturated carbocycles. The van der Waals surface area contributed by atoms with Gasteiger partial charge in [0.15, 0.2) is 14.9 Å². The Labute approximate surface area is 84.2 Å². The summed E-state index contributed by atoms with van der Waals surface area (Å²) in [5.74, 6) is 0.214. The van der Waals surface area contributed by atoms with Crippen molar-refractivity contribution in [1.82, 2.24) is 11.0 Å². The maximum Gasteiger partial charge on any atom is 0.195 e. The SMILES string of the molecule is CCS(=O)(=O)C1=C(C(C)C)C=NNN1. The van der Waals surface area contributed by atoms with Gasteiger partial charge in [-0.15, -0.1) is 0 Å². The van der Waals surface area contributed by atoms with Crippen LogP contribution in [0.5, 0.6) is 0 Å². The molecule has 1 aliphatic rings. The monoisotopic (exact) mass is 217 g/mol. The minimum atomic E-state index is -3.20. The standard InChI is InChI=1S/C8H15N3O2S/c1-4-14(12,13)8-7(6(2)3)5-9-11-10-8/h5-6,10-11H,4H2,1-3H3. The molecule has 0 aromatic carbocycles. The number of nitrogens with one attached hydrogen (secondary N) is 2. The van der Waals surface area contributed by atoms with Crippen LogP contribution in [-0.4, -0.2) is 20.4 Å². The summed E-state index contributed by atoms with van der Waals surface area (Å²) in [6, 6.07) is 0. The molecule has 80 valence electrons. The highest BCUT2D eigenvalue weighted by atomic mass is 32.2. The molecule has 0 radical (unpaired) electrons. The highest BCUT2D eigenvalue weighted by molar-refractivity contribution is 7.95. The zero-order valence-electron chi connectivity index (χ0n) is 8.53. The third-order valence-electron chi connectivity index (χ3n) is 2.01. The molecule has 1 aliphatic heterocycles. The second-order valence-corrected chi connectivity index (χ2v) is 5.55. The second kappa shape index (κ2) is 4.00. The van der Waals surface area contributed by atoms with E-state index in [1.807, 2.05) is 13.8 Å². The first kappa shape index (κ1) is 11.0. The quantitative estimate of drug-likeness (QED) is 0.717. The Morgan fingerprint density at radius 2 is 2.14 bits per heavy atom. The molecule has 2 N–H and O–H groups in total. The molecular formula is C8H15N3O2S. The lowest BCUT2D eigenvalue weighted by atomic mass is 10.1. The van der Waals surface area contributed by atoms with Gasteiger partial charge in [0.1, 0.15) is 0 Å². The average molecular weight is 217 g/mol. The number of sulfone groups is 1. The van der Waals surface area contributed by atoms with Crippen molar-refractivity contribution in [1.29, 1.82) is 0 Å². The van der Waals surface area contributed by atoms with E-state index in [0.717, 1.165) is 0 Å². The molecule has 0 spiro atoms. The molecule has 1 rings (SSSR count). The molecule has 14 heavy (non-hydrogen) atoms. The Bertz CT molecular complexity index is 368. The number of hydrazine groups is 1. The minimum absolute atomic E-state index is 0.0844. The van der Waals surface area contributed by atoms with Crippen LogP contribution in [0.2, 0.25) is 0 Å². The summed E-state index contributed by atoms with van der Waals surface area (Å²) < 4.78 is 23.3. The van der Waals surface area contributed by atoms with Gasteiger partial charge < -0.3 is 0 Å². The largest absolute Gasteiger partial charge is 0.274 e. The first-order valence-corrected chi connectivity index (χ1v) is 6.15. The van der Waals surface area contributed by atoms with Crippen molar-refractivity contribution in [2.24, 2.45) is 11.0 Å². The molecule has 0 aliphatic carbocycles. The molecule has 0 amide bonds.